The maximum Gasteiger partial charge on any atom is 0.175 e. The Hall–Kier alpha value is -3.54. The Morgan fingerprint density at radius 1 is 1.03 bits per heavy atom. The second-order valence-corrected chi connectivity index (χ2v) is 7.71. The molecule has 0 spiro atoms. The third-order valence-electron chi connectivity index (χ3n) is 4.64. The van der Waals surface area contributed by atoms with E-state index in [1.807, 2.05) is 74.5 Å². The van der Waals surface area contributed by atoms with E-state index in [2.05, 4.69) is 28.1 Å². The summed E-state index contributed by atoms with van der Waals surface area (Å²) in [5.74, 6) is 1.12. The molecule has 0 fully saturated rings. The molecular formula is C26H21BrN2O2. The third kappa shape index (κ3) is 5.54. The molecule has 3 rings (SSSR count). The summed E-state index contributed by atoms with van der Waals surface area (Å²) in [6, 6.07) is 23.4. The molecule has 4 nitrogen and oxygen atoms in total. The van der Waals surface area contributed by atoms with Crippen LogP contribution in [0, 0.1) is 29.6 Å². The molecule has 0 unspecified atom stereocenters. The lowest BCUT2D eigenvalue weighted by Crippen LogP contribution is -2.02. The Balaban J connectivity index is 1.94. The molecule has 3 aromatic rings. The second kappa shape index (κ2) is 10.5. The predicted molar refractivity (Wildman–Crippen MR) is 125 cm³/mol. The molecule has 5 heteroatoms. The normalized spacial score (nSPS) is 10.8. The molecule has 154 valence electrons. The van der Waals surface area contributed by atoms with Crippen molar-refractivity contribution >= 4 is 27.6 Å². The van der Waals surface area contributed by atoms with Gasteiger partial charge in [-0.15, -0.1) is 0 Å². The zero-order chi connectivity index (χ0) is 22.2. The minimum absolute atomic E-state index is 0.240. The summed E-state index contributed by atoms with van der Waals surface area (Å²) in [5, 5.41) is 18.9. The Morgan fingerprint density at radius 3 is 2.45 bits per heavy atom. The summed E-state index contributed by atoms with van der Waals surface area (Å²) >= 11 is 3.57. The van der Waals surface area contributed by atoms with Crippen molar-refractivity contribution in [3.8, 4) is 23.6 Å². The van der Waals surface area contributed by atoms with E-state index in [1.165, 1.54) is 0 Å². The van der Waals surface area contributed by atoms with Crippen molar-refractivity contribution in [3.63, 3.8) is 0 Å². The van der Waals surface area contributed by atoms with Crippen LogP contribution in [0.25, 0.3) is 11.6 Å². The first-order valence-electron chi connectivity index (χ1n) is 9.81. The van der Waals surface area contributed by atoms with E-state index in [4.69, 9.17) is 9.47 Å². The van der Waals surface area contributed by atoms with Gasteiger partial charge in [0.1, 0.15) is 6.61 Å². The Bertz CT molecular complexity index is 1190. The number of halogens is 1. The molecule has 0 radical (unpaired) electrons. The van der Waals surface area contributed by atoms with Gasteiger partial charge in [0, 0.05) is 5.56 Å². The van der Waals surface area contributed by atoms with Crippen LogP contribution in [0.3, 0.4) is 0 Å². The molecule has 0 N–H and O–H groups in total. The second-order valence-electron chi connectivity index (χ2n) is 6.86. The highest BCUT2D eigenvalue weighted by molar-refractivity contribution is 9.10. The summed E-state index contributed by atoms with van der Waals surface area (Å²) < 4.78 is 12.5. The van der Waals surface area contributed by atoms with Gasteiger partial charge in [-0.25, -0.2) is 0 Å². The molecule has 0 atom stereocenters. The topological polar surface area (TPSA) is 66.0 Å². The summed E-state index contributed by atoms with van der Waals surface area (Å²) in [4.78, 5) is 0. The van der Waals surface area contributed by atoms with E-state index < -0.39 is 0 Å². The Labute approximate surface area is 191 Å². The van der Waals surface area contributed by atoms with E-state index in [0.29, 0.717) is 33.7 Å². The number of allylic oxidation sites excluding steroid dienone is 1. The van der Waals surface area contributed by atoms with Crippen molar-refractivity contribution < 1.29 is 9.47 Å². The zero-order valence-electron chi connectivity index (χ0n) is 17.4. The van der Waals surface area contributed by atoms with Gasteiger partial charge in [-0.2, -0.15) is 10.5 Å². The average molecular weight is 473 g/mol. The highest BCUT2D eigenvalue weighted by Gasteiger charge is 2.14. The zero-order valence-corrected chi connectivity index (χ0v) is 18.9. The number of hydrogen-bond donors (Lipinski definition) is 0. The van der Waals surface area contributed by atoms with Crippen LogP contribution in [0.1, 0.15) is 34.7 Å². The quantitative estimate of drug-likeness (QED) is 0.284. The van der Waals surface area contributed by atoms with E-state index in [1.54, 1.807) is 6.07 Å². The third-order valence-corrected chi connectivity index (χ3v) is 5.22. The molecule has 0 saturated heterocycles. The molecule has 0 aliphatic carbocycles. The molecule has 31 heavy (non-hydrogen) atoms. The Morgan fingerprint density at radius 2 is 1.77 bits per heavy atom. The number of hydrogen-bond acceptors (Lipinski definition) is 4. The molecule has 0 aromatic heterocycles. The van der Waals surface area contributed by atoms with Gasteiger partial charge in [0.2, 0.25) is 0 Å². The SMILES string of the molecule is CCOc1cc(/C=C(/C#N)c2ccc(C)cc2)cc(Br)c1OCc1ccccc1C#N. The fourth-order valence-electron chi connectivity index (χ4n) is 3.06. The van der Waals surface area contributed by atoms with Gasteiger partial charge >= 0.3 is 0 Å². The number of benzene rings is 3. The predicted octanol–water partition coefficient (Wildman–Crippen LogP) is 6.67. The average Bonchev–Trinajstić information content (AvgIpc) is 2.78. The number of nitrogens with zero attached hydrogens (tertiary/aromatic N) is 2. The van der Waals surface area contributed by atoms with Crippen molar-refractivity contribution in [2.45, 2.75) is 20.5 Å². The van der Waals surface area contributed by atoms with Crippen LogP contribution in [0.5, 0.6) is 11.5 Å². The van der Waals surface area contributed by atoms with Gasteiger partial charge in [-0.1, -0.05) is 48.0 Å². The van der Waals surface area contributed by atoms with Crippen LogP contribution in [-0.4, -0.2) is 6.61 Å². The minimum atomic E-state index is 0.240. The van der Waals surface area contributed by atoms with E-state index in [9.17, 15) is 10.5 Å². The largest absolute Gasteiger partial charge is 0.490 e. The van der Waals surface area contributed by atoms with Crippen LogP contribution in [0.4, 0.5) is 0 Å². The molecule has 3 aromatic carbocycles. The van der Waals surface area contributed by atoms with Crippen LogP contribution >= 0.6 is 15.9 Å². The number of ether oxygens (including phenoxy) is 2. The highest BCUT2D eigenvalue weighted by atomic mass is 79.9. The van der Waals surface area contributed by atoms with Crippen LogP contribution in [-0.2, 0) is 6.61 Å². The minimum Gasteiger partial charge on any atom is -0.490 e. The first-order valence-corrected chi connectivity index (χ1v) is 10.6. The lowest BCUT2D eigenvalue weighted by atomic mass is 10.0. The standard InChI is InChI=1S/C26H21BrN2O2/c1-3-30-25-14-19(12-23(16-29)20-10-8-18(2)9-11-20)13-24(27)26(25)31-17-22-7-5-4-6-21(22)15-28/h4-14H,3,17H2,1-2H3/b23-12-. The summed E-state index contributed by atoms with van der Waals surface area (Å²) in [6.45, 7) is 4.62. The van der Waals surface area contributed by atoms with Gasteiger partial charge in [0.25, 0.3) is 0 Å². The van der Waals surface area contributed by atoms with Crippen LogP contribution in [0.2, 0.25) is 0 Å². The van der Waals surface area contributed by atoms with Crippen molar-refractivity contribution in [2.75, 3.05) is 6.61 Å². The maximum absolute atomic E-state index is 9.65. The first kappa shape index (κ1) is 22.2. The maximum atomic E-state index is 9.65. The number of nitriles is 2. The van der Waals surface area contributed by atoms with E-state index in [0.717, 1.165) is 22.3 Å². The lowest BCUT2D eigenvalue weighted by Gasteiger charge is -2.15. The summed E-state index contributed by atoms with van der Waals surface area (Å²) in [5.41, 5.74) is 4.75. The smallest absolute Gasteiger partial charge is 0.175 e. The van der Waals surface area contributed by atoms with Gasteiger partial charge < -0.3 is 9.47 Å². The van der Waals surface area contributed by atoms with E-state index >= 15 is 0 Å². The monoisotopic (exact) mass is 472 g/mol. The number of rotatable bonds is 7. The van der Waals surface area contributed by atoms with Crippen molar-refractivity contribution in [1.29, 1.82) is 10.5 Å². The number of aryl methyl sites for hydroxylation is 1. The van der Waals surface area contributed by atoms with E-state index in [-0.39, 0.29) is 6.61 Å². The molecule has 0 heterocycles. The van der Waals surface area contributed by atoms with Gasteiger partial charge in [-0.3, -0.25) is 0 Å². The van der Waals surface area contributed by atoms with Crippen LogP contribution in [0.15, 0.2) is 65.1 Å². The molecular weight excluding hydrogens is 452 g/mol. The summed E-state index contributed by atoms with van der Waals surface area (Å²) in [6.07, 6.45) is 1.83. The van der Waals surface area contributed by atoms with Crippen molar-refractivity contribution in [3.05, 3.63) is 93.0 Å². The lowest BCUT2D eigenvalue weighted by molar-refractivity contribution is 0.267. The van der Waals surface area contributed by atoms with Crippen molar-refractivity contribution in [2.24, 2.45) is 0 Å². The van der Waals surface area contributed by atoms with Gasteiger partial charge in [-0.05, 0) is 65.2 Å². The van der Waals surface area contributed by atoms with Gasteiger partial charge in [0.05, 0.1) is 34.4 Å². The molecule has 0 amide bonds. The molecule has 0 saturated carbocycles. The summed E-state index contributed by atoms with van der Waals surface area (Å²) in [7, 11) is 0. The fraction of sp³-hybridized carbons (Fsp3) is 0.154. The first-order chi connectivity index (χ1) is 15.0. The van der Waals surface area contributed by atoms with Crippen molar-refractivity contribution in [1.82, 2.24) is 0 Å². The molecule has 0 aliphatic rings. The molecule has 0 aliphatic heterocycles. The Kier molecular flexibility index (Phi) is 7.49. The fourth-order valence-corrected chi connectivity index (χ4v) is 3.63. The molecule has 0 bridgehead atoms. The van der Waals surface area contributed by atoms with Crippen LogP contribution < -0.4 is 9.47 Å². The van der Waals surface area contributed by atoms with Gasteiger partial charge in [0.15, 0.2) is 11.5 Å². The highest BCUT2D eigenvalue weighted by Crippen LogP contribution is 2.38.